The van der Waals surface area contributed by atoms with E-state index in [1.165, 1.54) is 30.3 Å². The Bertz CT molecular complexity index is 787. The fourth-order valence-corrected chi connectivity index (χ4v) is 2.97. The van der Waals surface area contributed by atoms with Gasteiger partial charge in [-0.15, -0.1) is 0 Å². The van der Waals surface area contributed by atoms with Gasteiger partial charge in [0.25, 0.3) is 10.0 Å². The number of carboxylic acid groups (broad SMARTS) is 1. The van der Waals surface area contributed by atoms with E-state index in [9.17, 15) is 13.2 Å². The van der Waals surface area contributed by atoms with Gasteiger partial charge in [0.1, 0.15) is 5.75 Å². The molecule has 0 aliphatic heterocycles. The minimum absolute atomic E-state index is 0.0281. The highest BCUT2D eigenvalue weighted by atomic mass is 32.2. The smallest absolute Gasteiger partial charge is 0.335 e. The van der Waals surface area contributed by atoms with Gasteiger partial charge in [0.2, 0.25) is 0 Å². The van der Waals surface area contributed by atoms with Gasteiger partial charge in [-0.2, -0.15) is 0 Å². The number of rotatable bonds is 7. The van der Waals surface area contributed by atoms with Gasteiger partial charge in [-0.05, 0) is 36.8 Å². The van der Waals surface area contributed by atoms with Gasteiger partial charge in [0.05, 0.1) is 22.8 Å². The lowest BCUT2D eigenvalue weighted by Gasteiger charge is -2.14. The maximum atomic E-state index is 12.4. The first-order valence-corrected chi connectivity index (χ1v) is 8.50. The second-order valence-corrected chi connectivity index (χ2v) is 6.47. The number of ether oxygens (including phenoxy) is 1. The molecule has 0 saturated carbocycles. The third-order valence-corrected chi connectivity index (χ3v) is 4.37. The first kappa shape index (κ1) is 16.8. The predicted octanol–water partition coefficient (Wildman–Crippen LogP) is 2.97. The lowest BCUT2D eigenvalue weighted by molar-refractivity contribution is 0.0697. The van der Waals surface area contributed by atoms with Crippen molar-refractivity contribution in [3.8, 4) is 5.75 Å². The van der Waals surface area contributed by atoms with Gasteiger partial charge < -0.3 is 9.84 Å². The molecule has 0 spiro atoms. The van der Waals surface area contributed by atoms with Crippen LogP contribution in [0.1, 0.15) is 23.7 Å². The lowest BCUT2D eigenvalue weighted by atomic mass is 10.2. The van der Waals surface area contributed by atoms with Crippen molar-refractivity contribution in [3.05, 3.63) is 54.1 Å². The van der Waals surface area contributed by atoms with Crippen LogP contribution in [0.15, 0.2) is 53.4 Å². The summed E-state index contributed by atoms with van der Waals surface area (Å²) in [6.45, 7) is 2.31. The first-order chi connectivity index (χ1) is 10.9. The summed E-state index contributed by atoms with van der Waals surface area (Å²) in [5, 5.41) is 9.07. The molecule has 23 heavy (non-hydrogen) atoms. The van der Waals surface area contributed by atoms with Crippen molar-refractivity contribution in [2.24, 2.45) is 0 Å². The Labute approximate surface area is 134 Å². The summed E-state index contributed by atoms with van der Waals surface area (Å²) in [7, 11) is -3.83. The number of benzene rings is 2. The van der Waals surface area contributed by atoms with Gasteiger partial charge in [-0.1, -0.05) is 25.1 Å². The minimum Gasteiger partial charge on any atom is -0.491 e. The number of nitrogens with one attached hydrogen (secondary N) is 1. The van der Waals surface area contributed by atoms with Gasteiger partial charge >= 0.3 is 5.97 Å². The molecule has 0 aliphatic rings. The van der Waals surface area contributed by atoms with Crippen LogP contribution in [0.25, 0.3) is 0 Å². The highest BCUT2D eigenvalue weighted by Crippen LogP contribution is 2.28. The Kier molecular flexibility index (Phi) is 5.23. The zero-order valence-electron chi connectivity index (χ0n) is 12.5. The van der Waals surface area contributed by atoms with Crippen LogP contribution in [0.5, 0.6) is 5.75 Å². The number of carbonyl (C=O) groups is 1. The lowest BCUT2D eigenvalue weighted by Crippen LogP contribution is -2.14. The molecule has 0 amide bonds. The molecule has 0 aromatic heterocycles. The highest BCUT2D eigenvalue weighted by molar-refractivity contribution is 7.92. The molecule has 0 fully saturated rings. The van der Waals surface area contributed by atoms with Crippen molar-refractivity contribution in [2.45, 2.75) is 18.2 Å². The number of carboxylic acids is 1. The summed E-state index contributed by atoms with van der Waals surface area (Å²) in [6, 6.07) is 11.9. The quantitative estimate of drug-likeness (QED) is 0.811. The zero-order valence-corrected chi connectivity index (χ0v) is 13.3. The van der Waals surface area contributed by atoms with E-state index in [0.717, 1.165) is 6.42 Å². The number of sulfonamides is 1. The molecule has 0 unspecified atom stereocenters. The number of anilines is 1. The minimum atomic E-state index is -3.83. The van der Waals surface area contributed by atoms with Gasteiger partial charge in [-0.3, -0.25) is 4.72 Å². The summed E-state index contributed by atoms with van der Waals surface area (Å²) in [5.74, 6) is -0.858. The third kappa shape index (κ3) is 4.23. The van der Waals surface area contributed by atoms with Gasteiger partial charge in [0.15, 0.2) is 0 Å². The molecule has 0 heterocycles. The molecule has 0 radical (unpaired) electrons. The molecule has 122 valence electrons. The number of hydrogen-bond donors (Lipinski definition) is 2. The van der Waals surface area contributed by atoms with E-state index < -0.39 is 16.0 Å². The maximum absolute atomic E-state index is 12.4. The molecule has 0 atom stereocenters. The molecule has 0 bridgehead atoms. The van der Waals surface area contributed by atoms with Crippen molar-refractivity contribution in [2.75, 3.05) is 11.3 Å². The fraction of sp³-hybridized carbons (Fsp3) is 0.188. The Balaban J connectivity index is 2.39. The molecule has 6 nitrogen and oxygen atoms in total. The number of aromatic carboxylic acids is 1. The summed E-state index contributed by atoms with van der Waals surface area (Å²) in [5.41, 5.74) is 0.0711. The molecule has 2 N–H and O–H groups in total. The molecule has 7 heteroatoms. The van der Waals surface area contributed by atoms with Crippen molar-refractivity contribution in [3.63, 3.8) is 0 Å². The van der Waals surface area contributed by atoms with Crippen molar-refractivity contribution in [1.29, 1.82) is 0 Å². The van der Waals surface area contributed by atoms with Gasteiger partial charge in [-0.25, -0.2) is 13.2 Å². The van der Waals surface area contributed by atoms with Crippen molar-refractivity contribution >= 4 is 21.7 Å². The molecular formula is C16H17NO5S. The van der Waals surface area contributed by atoms with Crippen molar-refractivity contribution < 1.29 is 23.1 Å². The van der Waals surface area contributed by atoms with Crippen LogP contribution in [0, 0.1) is 0 Å². The third-order valence-electron chi connectivity index (χ3n) is 2.99. The van der Waals surface area contributed by atoms with E-state index in [1.54, 1.807) is 18.2 Å². The van der Waals surface area contributed by atoms with Gasteiger partial charge in [0, 0.05) is 0 Å². The Hall–Kier alpha value is -2.54. The van der Waals surface area contributed by atoms with E-state index >= 15 is 0 Å². The summed E-state index contributed by atoms with van der Waals surface area (Å²) < 4.78 is 32.7. The van der Waals surface area contributed by atoms with E-state index in [-0.39, 0.29) is 21.9 Å². The molecular weight excluding hydrogens is 318 g/mol. The molecule has 2 aromatic rings. The monoisotopic (exact) mass is 335 g/mol. The van der Waals surface area contributed by atoms with Crippen LogP contribution in [0.4, 0.5) is 5.69 Å². The summed E-state index contributed by atoms with van der Waals surface area (Å²) >= 11 is 0. The summed E-state index contributed by atoms with van der Waals surface area (Å²) in [6.07, 6.45) is 0.742. The van der Waals surface area contributed by atoms with Crippen LogP contribution in [0.3, 0.4) is 0 Å². The van der Waals surface area contributed by atoms with Crippen LogP contribution >= 0.6 is 0 Å². The maximum Gasteiger partial charge on any atom is 0.335 e. The number of hydrogen-bond acceptors (Lipinski definition) is 4. The molecule has 0 aliphatic carbocycles. The average molecular weight is 335 g/mol. The van der Waals surface area contributed by atoms with Crippen molar-refractivity contribution in [1.82, 2.24) is 0 Å². The average Bonchev–Trinajstić information content (AvgIpc) is 2.54. The Morgan fingerprint density at radius 1 is 1.17 bits per heavy atom. The fourth-order valence-electron chi connectivity index (χ4n) is 1.88. The van der Waals surface area contributed by atoms with E-state index in [2.05, 4.69) is 4.72 Å². The Morgan fingerprint density at radius 3 is 2.48 bits per heavy atom. The van der Waals surface area contributed by atoms with Crippen LogP contribution in [0.2, 0.25) is 0 Å². The molecule has 0 saturated heterocycles. The second-order valence-electron chi connectivity index (χ2n) is 4.78. The largest absolute Gasteiger partial charge is 0.491 e. The normalized spacial score (nSPS) is 11.0. The second kappa shape index (κ2) is 7.15. The zero-order chi connectivity index (χ0) is 16.9. The van der Waals surface area contributed by atoms with E-state index in [4.69, 9.17) is 9.84 Å². The van der Waals surface area contributed by atoms with E-state index in [1.807, 2.05) is 6.92 Å². The first-order valence-electron chi connectivity index (χ1n) is 7.02. The standard InChI is InChI=1S/C16H17NO5S/c1-2-10-22-15-9-8-12(16(18)19)11-14(15)17-23(20,21)13-6-4-3-5-7-13/h3-9,11,17H,2,10H2,1H3,(H,18,19). The predicted molar refractivity (Wildman–Crippen MR) is 86.4 cm³/mol. The van der Waals surface area contributed by atoms with Crippen LogP contribution in [-0.2, 0) is 10.0 Å². The highest BCUT2D eigenvalue weighted by Gasteiger charge is 2.18. The molecule has 2 rings (SSSR count). The summed E-state index contributed by atoms with van der Waals surface area (Å²) in [4.78, 5) is 11.2. The van der Waals surface area contributed by atoms with E-state index in [0.29, 0.717) is 6.61 Å². The van der Waals surface area contributed by atoms with Crippen LogP contribution < -0.4 is 9.46 Å². The molecule has 2 aromatic carbocycles. The SMILES string of the molecule is CCCOc1ccc(C(=O)O)cc1NS(=O)(=O)c1ccccc1. The Morgan fingerprint density at radius 2 is 1.87 bits per heavy atom. The van der Waals surface area contributed by atoms with Crippen LogP contribution in [-0.4, -0.2) is 26.1 Å². The topological polar surface area (TPSA) is 92.7 Å².